The topological polar surface area (TPSA) is 73.1 Å². The summed E-state index contributed by atoms with van der Waals surface area (Å²) in [7, 11) is 0. The molecular formula is C14H18N4O2. The summed E-state index contributed by atoms with van der Waals surface area (Å²) < 4.78 is 7.88. The number of aliphatic hydroxyl groups excluding tert-OH is 1. The van der Waals surface area contributed by atoms with Gasteiger partial charge in [-0.05, 0) is 31.9 Å². The number of aryl methyl sites for hydroxylation is 2. The molecule has 6 heteroatoms. The van der Waals surface area contributed by atoms with E-state index in [4.69, 9.17) is 4.74 Å². The van der Waals surface area contributed by atoms with E-state index in [9.17, 15) is 5.11 Å². The lowest BCUT2D eigenvalue weighted by atomic mass is 10.2. The summed E-state index contributed by atoms with van der Waals surface area (Å²) in [5.41, 5.74) is 1.42. The van der Waals surface area contributed by atoms with Gasteiger partial charge in [0, 0.05) is 18.7 Å². The zero-order valence-corrected chi connectivity index (χ0v) is 11.5. The van der Waals surface area contributed by atoms with E-state index in [1.165, 1.54) is 6.42 Å². The van der Waals surface area contributed by atoms with Crippen LogP contribution in [0.15, 0.2) is 12.1 Å². The Balaban J connectivity index is 1.75. The fourth-order valence-electron chi connectivity index (χ4n) is 2.46. The summed E-state index contributed by atoms with van der Waals surface area (Å²) in [6.07, 6.45) is 3.32. The Hall–Kier alpha value is -1.95. The molecule has 0 radical (unpaired) electrons. The van der Waals surface area contributed by atoms with Crippen molar-refractivity contribution in [3.63, 3.8) is 0 Å². The number of aliphatic hydroxyl groups is 1. The summed E-state index contributed by atoms with van der Waals surface area (Å²) >= 11 is 0. The van der Waals surface area contributed by atoms with Crippen molar-refractivity contribution in [3.8, 4) is 5.75 Å². The minimum atomic E-state index is -0.130. The van der Waals surface area contributed by atoms with Crippen LogP contribution in [0.3, 0.4) is 0 Å². The predicted molar refractivity (Wildman–Crippen MR) is 72.2 cm³/mol. The number of hydrogen-bond donors (Lipinski definition) is 1. The summed E-state index contributed by atoms with van der Waals surface area (Å²) in [5, 5.41) is 17.7. The van der Waals surface area contributed by atoms with E-state index in [0.717, 1.165) is 36.7 Å². The molecule has 106 valence electrons. The van der Waals surface area contributed by atoms with Crippen LogP contribution in [-0.2, 0) is 26.2 Å². The second-order valence-electron chi connectivity index (χ2n) is 4.99. The average Bonchev–Trinajstić information content (AvgIpc) is 2.89. The second-order valence-corrected chi connectivity index (χ2v) is 4.99. The molecule has 0 aliphatic carbocycles. The Morgan fingerprint density at radius 3 is 3.05 bits per heavy atom. The zero-order valence-electron chi connectivity index (χ0n) is 11.5. The summed E-state index contributed by atoms with van der Waals surface area (Å²) in [6, 6.07) is 3.70. The largest absolute Gasteiger partial charge is 0.484 e. The molecule has 20 heavy (non-hydrogen) atoms. The number of fused-ring (bicyclic) bond motifs is 1. The summed E-state index contributed by atoms with van der Waals surface area (Å²) in [4.78, 5) is 4.26. The second kappa shape index (κ2) is 5.58. The number of nitrogens with zero attached hydrogens (tertiary/aromatic N) is 4. The predicted octanol–water partition coefficient (Wildman–Crippen LogP) is 1.39. The monoisotopic (exact) mass is 274 g/mol. The average molecular weight is 274 g/mol. The van der Waals surface area contributed by atoms with Crippen LogP contribution in [0.5, 0.6) is 5.75 Å². The van der Waals surface area contributed by atoms with Crippen molar-refractivity contribution in [2.45, 2.75) is 45.9 Å². The molecule has 3 heterocycles. The van der Waals surface area contributed by atoms with Gasteiger partial charge >= 0.3 is 0 Å². The highest BCUT2D eigenvalue weighted by atomic mass is 16.5. The van der Waals surface area contributed by atoms with Gasteiger partial charge in [-0.25, -0.2) is 0 Å². The lowest BCUT2D eigenvalue weighted by molar-refractivity contribution is 0.247. The van der Waals surface area contributed by atoms with Crippen molar-refractivity contribution in [1.82, 2.24) is 19.7 Å². The summed E-state index contributed by atoms with van der Waals surface area (Å²) in [5.74, 6) is 2.48. The van der Waals surface area contributed by atoms with Crippen molar-refractivity contribution in [2.75, 3.05) is 0 Å². The molecule has 1 aliphatic rings. The van der Waals surface area contributed by atoms with Crippen molar-refractivity contribution >= 4 is 0 Å². The number of aromatic nitrogens is 4. The highest BCUT2D eigenvalue weighted by Gasteiger charge is 2.16. The minimum absolute atomic E-state index is 0.130. The number of hydrogen-bond acceptors (Lipinski definition) is 5. The molecule has 2 aromatic rings. The zero-order chi connectivity index (χ0) is 13.9. The Bertz CT molecular complexity index is 609. The third kappa shape index (κ3) is 2.51. The molecule has 1 N–H and O–H groups in total. The lowest BCUT2D eigenvalue weighted by Gasteiger charge is -2.15. The third-order valence-corrected chi connectivity index (χ3v) is 3.51. The van der Waals surface area contributed by atoms with E-state index < -0.39 is 0 Å². The van der Waals surface area contributed by atoms with Gasteiger partial charge in [0.2, 0.25) is 0 Å². The Morgan fingerprint density at radius 1 is 1.30 bits per heavy atom. The normalized spacial score (nSPS) is 14.1. The van der Waals surface area contributed by atoms with Gasteiger partial charge in [-0.1, -0.05) is 0 Å². The SMILES string of the molecule is Cc1ccc(OCc2nnc3n2CCCC3)c(CO)n1. The molecule has 0 bridgehead atoms. The fourth-order valence-corrected chi connectivity index (χ4v) is 2.46. The van der Waals surface area contributed by atoms with Crippen molar-refractivity contribution in [3.05, 3.63) is 35.2 Å². The molecule has 0 unspecified atom stereocenters. The van der Waals surface area contributed by atoms with Crippen LogP contribution in [0.4, 0.5) is 0 Å². The van der Waals surface area contributed by atoms with Crippen LogP contribution < -0.4 is 4.74 Å². The first-order chi connectivity index (χ1) is 9.78. The molecule has 0 saturated carbocycles. The quantitative estimate of drug-likeness (QED) is 0.912. The Kier molecular flexibility index (Phi) is 3.64. The summed E-state index contributed by atoms with van der Waals surface area (Å²) in [6.45, 7) is 3.07. The Morgan fingerprint density at radius 2 is 2.20 bits per heavy atom. The Labute approximate surface area is 117 Å². The first-order valence-corrected chi connectivity index (χ1v) is 6.89. The van der Waals surface area contributed by atoms with Crippen LogP contribution in [0.2, 0.25) is 0 Å². The molecule has 0 fully saturated rings. The maximum atomic E-state index is 9.32. The molecular weight excluding hydrogens is 256 g/mol. The van der Waals surface area contributed by atoms with Crippen LogP contribution in [0.1, 0.15) is 35.9 Å². The van der Waals surface area contributed by atoms with E-state index in [1.54, 1.807) is 0 Å². The van der Waals surface area contributed by atoms with E-state index in [1.807, 2.05) is 19.1 Å². The first kappa shape index (κ1) is 13.1. The van der Waals surface area contributed by atoms with Gasteiger partial charge in [-0.3, -0.25) is 4.98 Å². The highest BCUT2D eigenvalue weighted by Crippen LogP contribution is 2.19. The van der Waals surface area contributed by atoms with Crippen LogP contribution in [0.25, 0.3) is 0 Å². The molecule has 0 spiro atoms. The smallest absolute Gasteiger partial charge is 0.171 e. The van der Waals surface area contributed by atoms with Gasteiger partial charge in [-0.15, -0.1) is 10.2 Å². The van der Waals surface area contributed by atoms with Gasteiger partial charge in [-0.2, -0.15) is 0 Å². The van der Waals surface area contributed by atoms with E-state index in [2.05, 4.69) is 19.7 Å². The van der Waals surface area contributed by atoms with Gasteiger partial charge in [0.1, 0.15) is 23.9 Å². The van der Waals surface area contributed by atoms with Gasteiger partial charge < -0.3 is 14.4 Å². The van der Waals surface area contributed by atoms with Gasteiger partial charge in [0.05, 0.1) is 6.61 Å². The maximum absolute atomic E-state index is 9.32. The molecule has 2 aromatic heterocycles. The van der Waals surface area contributed by atoms with Crippen LogP contribution in [-0.4, -0.2) is 24.9 Å². The standard InChI is InChI=1S/C14H18N4O2/c1-10-5-6-12(11(8-19)15-10)20-9-14-17-16-13-4-2-3-7-18(13)14/h5-6,19H,2-4,7-9H2,1H3. The molecule has 0 amide bonds. The van der Waals surface area contributed by atoms with Gasteiger partial charge in [0.15, 0.2) is 5.82 Å². The number of ether oxygens (including phenoxy) is 1. The molecule has 0 atom stereocenters. The van der Waals surface area contributed by atoms with Crippen molar-refractivity contribution < 1.29 is 9.84 Å². The number of rotatable bonds is 4. The van der Waals surface area contributed by atoms with Crippen molar-refractivity contribution in [1.29, 1.82) is 0 Å². The number of pyridine rings is 1. The first-order valence-electron chi connectivity index (χ1n) is 6.89. The lowest BCUT2D eigenvalue weighted by Crippen LogP contribution is -2.14. The van der Waals surface area contributed by atoms with E-state index in [0.29, 0.717) is 18.1 Å². The molecule has 6 nitrogen and oxygen atoms in total. The van der Waals surface area contributed by atoms with Gasteiger partial charge in [0.25, 0.3) is 0 Å². The third-order valence-electron chi connectivity index (χ3n) is 3.51. The van der Waals surface area contributed by atoms with Crippen LogP contribution in [0, 0.1) is 6.92 Å². The maximum Gasteiger partial charge on any atom is 0.171 e. The fraction of sp³-hybridized carbons (Fsp3) is 0.500. The molecule has 0 aromatic carbocycles. The van der Waals surface area contributed by atoms with Crippen molar-refractivity contribution in [2.24, 2.45) is 0 Å². The highest BCUT2D eigenvalue weighted by molar-refractivity contribution is 5.28. The molecule has 0 saturated heterocycles. The van der Waals surface area contributed by atoms with E-state index in [-0.39, 0.29) is 6.61 Å². The minimum Gasteiger partial charge on any atom is -0.484 e. The molecule has 3 rings (SSSR count). The van der Waals surface area contributed by atoms with E-state index >= 15 is 0 Å². The molecule has 1 aliphatic heterocycles. The van der Waals surface area contributed by atoms with Crippen LogP contribution >= 0.6 is 0 Å².